The molecule has 1 saturated heterocycles. The molecule has 0 aromatic heterocycles. The maximum absolute atomic E-state index is 12.1. The molecule has 120 valence electrons. The lowest BCUT2D eigenvalue weighted by Crippen LogP contribution is -2.54. The van der Waals surface area contributed by atoms with Crippen molar-refractivity contribution >= 4 is 11.8 Å². The summed E-state index contributed by atoms with van der Waals surface area (Å²) in [6.07, 6.45) is 7.15. The Morgan fingerprint density at radius 1 is 1.14 bits per heavy atom. The summed E-state index contributed by atoms with van der Waals surface area (Å²) in [6, 6.07) is 0.276. The van der Waals surface area contributed by atoms with Crippen molar-refractivity contribution in [1.82, 2.24) is 10.2 Å². The lowest BCUT2D eigenvalue weighted by molar-refractivity contribution is -0.148. The zero-order valence-corrected chi connectivity index (χ0v) is 13.9. The number of imide groups is 1. The molecule has 2 rings (SSSR count). The van der Waals surface area contributed by atoms with Crippen LogP contribution in [0.3, 0.4) is 0 Å². The summed E-state index contributed by atoms with van der Waals surface area (Å²) in [6.45, 7) is 7.02. The van der Waals surface area contributed by atoms with Crippen LogP contribution in [0.15, 0.2) is 0 Å². The number of likely N-dealkylation sites (N-methyl/N-ethyl adjacent to an activating group) is 1. The third-order valence-electron chi connectivity index (χ3n) is 5.83. The Morgan fingerprint density at radius 3 is 2.33 bits per heavy atom. The monoisotopic (exact) mass is 294 g/mol. The molecule has 4 heteroatoms. The Kier molecular flexibility index (Phi) is 5.07. The van der Waals surface area contributed by atoms with Crippen molar-refractivity contribution in [2.75, 3.05) is 7.05 Å². The molecule has 0 radical (unpaired) electrons. The summed E-state index contributed by atoms with van der Waals surface area (Å²) in [7, 11) is 1.60. The van der Waals surface area contributed by atoms with Gasteiger partial charge in [0.15, 0.2) is 0 Å². The number of carbonyl (C=O) groups excluding carboxylic acids is 2. The van der Waals surface area contributed by atoms with E-state index >= 15 is 0 Å². The van der Waals surface area contributed by atoms with Crippen LogP contribution in [-0.4, -0.2) is 35.8 Å². The Hall–Kier alpha value is -0.900. The van der Waals surface area contributed by atoms with Crippen LogP contribution in [0.4, 0.5) is 0 Å². The average Bonchev–Trinajstić information content (AvgIpc) is 2.48. The minimum Gasteiger partial charge on any atom is -0.303 e. The van der Waals surface area contributed by atoms with Gasteiger partial charge in [0.25, 0.3) is 0 Å². The summed E-state index contributed by atoms with van der Waals surface area (Å²) in [4.78, 5) is 24.9. The maximum Gasteiger partial charge on any atom is 0.246 e. The molecule has 21 heavy (non-hydrogen) atoms. The Bertz CT molecular complexity index is 398. The van der Waals surface area contributed by atoms with Gasteiger partial charge >= 0.3 is 0 Å². The first kappa shape index (κ1) is 16.5. The van der Waals surface area contributed by atoms with Gasteiger partial charge in [0.2, 0.25) is 11.8 Å². The first-order valence-electron chi connectivity index (χ1n) is 8.41. The molecule has 1 unspecified atom stereocenters. The number of rotatable bonds is 4. The number of hydrogen-bond acceptors (Lipinski definition) is 3. The zero-order chi connectivity index (χ0) is 15.6. The second kappa shape index (κ2) is 6.47. The van der Waals surface area contributed by atoms with Crippen molar-refractivity contribution in [2.24, 2.45) is 11.3 Å². The average molecular weight is 294 g/mol. The lowest BCUT2D eigenvalue weighted by atomic mass is 9.69. The molecule has 1 atom stereocenters. The highest BCUT2D eigenvalue weighted by Crippen LogP contribution is 2.40. The summed E-state index contributed by atoms with van der Waals surface area (Å²) in [5.41, 5.74) is 0.429. The predicted octanol–water partition coefficient (Wildman–Crippen LogP) is 2.72. The Morgan fingerprint density at radius 2 is 1.76 bits per heavy atom. The second-order valence-corrected chi connectivity index (χ2v) is 7.44. The predicted molar refractivity (Wildman–Crippen MR) is 83.8 cm³/mol. The first-order chi connectivity index (χ1) is 9.85. The van der Waals surface area contributed by atoms with Crippen LogP contribution in [0.1, 0.15) is 65.7 Å². The topological polar surface area (TPSA) is 49.4 Å². The molecule has 2 amide bonds. The van der Waals surface area contributed by atoms with E-state index in [1.54, 1.807) is 7.05 Å². The molecule has 2 aliphatic rings. The van der Waals surface area contributed by atoms with Crippen LogP contribution in [0.25, 0.3) is 0 Å². The number of carbonyl (C=O) groups is 2. The van der Waals surface area contributed by atoms with Gasteiger partial charge in [-0.1, -0.05) is 27.2 Å². The van der Waals surface area contributed by atoms with Crippen LogP contribution in [-0.2, 0) is 9.59 Å². The molecule has 4 nitrogen and oxygen atoms in total. The van der Waals surface area contributed by atoms with Gasteiger partial charge in [-0.3, -0.25) is 14.5 Å². The molecule has 0 aromatic rings. The van der Waals surface area contributed by atoms with Gasteiger partial charge in [0.1, 0.15) is 0 Å². The van der Waals surface area contributed by atoms with Crippen LogP contribution in [0.2, 0.25) is 0 Å². The smallest absolute Gasteiger partial charge is 0.246 e. The van der Waals surface area contributed by atoms with E-state index in [1.807, 2.05) is 0 Å². The van der Waals surface area contributed by atoms with E-state index in [4.69, 9.17) is 0 Å². The van der Waals surface area contributed by atoms with Crippen LogP contribution in [0.5, 0.6) is 0 Å². The fraction of sp³-hybridized carbons (Fsp3) is 0.882. The van der Waals surface area contributed by atoms with E-state index in [9.17, 15) is 9.59 Å². The van der Waals surface area contributed by atoms with E-state index in [0.717, 1.165) is 18.8 Å². The molecule has 2 fully saturated rings. The van der Waals surface area contributed by atoms with E-state index in [0.29, 0.717) is 24.3 Å². The molecule has 0 aromatic carbocycles. The van der Waals surface area contributed by atoms with Crippen LogP contribution >= 0.6 is 0 Å². The van der Waals surface area contributed by atoms with Crippen molar-refractivity contribution in [3.63, 3.8) is 0 Å². The maximum atomic E-state index is 12.1. The zero-order valence-electron chi connectivity index (χ0n) is 13.9. The number of nitrogens with one attached hydrogen (secondary N) is 1. The molecule has 1 saturated carbocycles. The quantitative estimate of drug-likeness (QED) is 0.811. The van der Waals surface area contributed by atoms with Crippen molar-refractivity contribution in [2.45, 2.75) is 77.8 Å². The molecule has 1 aliphatic heterocycles. The van der Waals surface area contributed by atoms with Gasteiger partial charge in [0, 0.05) is 19.5 Å². The third kappa shape index (κ3) is 3.65. The highest BCUT2D eigenvalue weighted by Gasteiger charge is 2.36. The number of hydrogen-bond donors (Lipinski definition) is 1. The SMILES string of the molecule is CCC(C)(C)C1CCC(NC2CCC(=O)N(C)C2=O)CC1. The summed E-state index contributed by atoms with van der Waals surface area (Å²) < 4.78 is 0. The molecule has 1 N–H and O–H groups in total. The standard InChI is InChI=1S/C17H30N2O2/c1-5-17(2,3)12-6-8-13(9-7-12)18-14-10-11-15(20)19(4)16(14)21/h12-14,18H,5-11H2,1-4H3. The van der Waals surface area contributed by atoms with Crippen molar-refractivity contribution in [1.29, 1.82) is 0 Å². The summed E-state index contributed by atoms with van der Waals surface area (Å²) in [5, 5.41) is 3.51. The summed E-state index contributed by atoms with van der Waals surface area (Å²) >= 11 is 0. The number of likely N-dealkylation sites (tertiary alicyclic amines) is 1. The van der Waals surface area contributed by atoms with Crippen LogP contribution in [0, 0.1) is 11.3 Å². The van der Waals surface area contributed by atoms with E-state index in [1.165, 1.54) is 24.2 Å². The normalized spacial score (nSPS) is 31.6. The van der Waals surface area contributed by atoms with Gasteiger partial charge in [-0.05, 0) is 43.4 Å². The lowest BCUT2D eigenvalue weighted by Gasteiger charge is -2.40. The fourth-order valence-electron chi connectivity index (χ4n) is 3.69. The minimum atomic E-state index is -0.159. The highest BCUT2D eigenvalue weighted by molar-refractivity contribution is 6.00. The number of piperidine rings is 1. The van der Waals surface area contributed by atoms with Crippen molar-refractivity contribution < 1.29 is 9.59 Å². The molecular formula is C17H30N2O2. The third-order valence-corrected chi connectivity index (χ3v) is 5.83. The van der Waals surface area contributed by atoms with E-state index in [2.05, 4.69) is 26.1 Å². The van der Waals surface area contributed by atoms with Crippen molar-refractivity contribution in [3.05, 3.63) is 0 Å². The highest BCUT2D eigenvalue weighted by atomic mass is 16.2. The molecular weight excluding hydrogens is 264 g/mol. The van der Waals surface area contributed by atoms with Gasteiger partial charge in [-0.2, -0.15) is 0 Å². The molecule has 0 bridgehead atoms. The first-order valence-corrected chi connectivity index (χ1v) is 8.41. The van der Waals surface area contributed by atoms with Gasteiger partial charge in [-0.25, -0.2) is 0 Å². The van der Waals surface area contributed by atoms with E-state index < -0.39 is 0 Å². The Labute approximate surface area is 128 Å². The Balaban J connectivity index is 1.84. The van der Waals surface area contributed by atoms with Crippen LogP contribution < -0.4 is 5.32 Å². The van der Waals surface area contributed by atoms with E-state index in [-0.39, 0.29) is 17.9 Å². The number of amides is 2. The molecule has 0 spiro atoms. The second-order valence-electron chi connectivity index (χ2n) is 7.44. The number of nitrogens with zero attached hydrogens (tertiary/aromatic N) is 1. The molecule has 1 aliphatic carbocycles. The van der Waals surface area contributed by atoms with Crippen molar-refractivity contribution in [3.8, 4) is 0 Å². The molecule has 1 heterocycles. The van der Waals surface area contributed by atoms with Gasteiger partial charge < -0.3 is 5.32 Å². The largest absolute Gasteiger partial charge is 0.303 e. The summed E-state index contributed by atoms with van der Waals surface area (Å²) in [5.74, 6) is 0.695. The minimum absolute atomic E-state index is 0.0496. The van der Waals surface area contributed by atoms with Gasteiger partial charge in [-0.15, -0.1) is 0 Å². The fourth-order valence-corrected chi connectivity index (χ4v) is 3.69. The van der Waals surface area contributed by atoms with Gasteiger partial charge in [0.05, 0.1) is 6.04 Å².